The smallest absolute Gasteiger partial charge is 0.165 e. The van der Waals surface area contributed by atoms with Crippen LogP contribution < -0.4 is 4.74 Å². The summed E-state index contributed by atoms with van der Waals surface area (Å²) in [6.07, 6.45) is 0. The Morgan fingerprint density at radius 2 is 1.74 bits per heavy atom. The van der Waals surface area contributed by atoms with Crippen LogP contribution in [-0.4, -0.2) is 7.11 Å². The molecule has 0 aromatic heterocycles. The number of alkyl halides is 1. The average Bonchev–Trinajstić information content (AvgIpc) is 2.38. The lowest BCUT2D eigenvalue weighted by Gasteiger charge is -2.13. The lowest BCUT2D eigenvalue weighted by molar-refractivity contribution is 0.386. The summed E-state index contributed by atoms with van der Waals surface area (Å²) < 4.78 is 44.7. The first-order valence-corrected chi connectivity index (χ1v) is 6.37. The topological polar surface area (TPSA) is 9.23 Å². The Kier molecular flexibility index (Phi) is 4.14. The Bertz CT molecular complexity index is 601. The standard InChI is InChI=1S/C14H10BrF3O/c1-19-13-6-8(2-5-11(13)17)14(15)10-4-3-9(16)7-12(10)18/h2-7,14H,1H3. The highest BCUT2D eigenvalue weighted by Gasteiger charge is 2.17. The molecule has 0 bridgehead atoms. The number of methoxy groups -OCH3 is 1. The van der Waals surface area contributed by atoms with E-state index in [2.05, 4.69) is 15.9 Å². The van der Waals surface area contributed by atoms with Crippen molar-refractivity contribution in [3.05, 3.63) is 65.0 Å². The van der Waals surface area contributed by atoms with Gasteiger partial charge in [-0.25, -0.2) is 13.2 Å². The van der Waals surface area contributed by atoms with Gasteiger partial charge in [0.2, 0.25) is 0 Å². The SMILES string of the molecule is COc1cc(C(Br)c2ccc(F)cc2F)ccc1F. The summed E-state index contributed by atoms with van der Waals surface area (Å²) in [6.45, 7) is 0. The van der Waals surface area contributed by atoms with E-state index in [0.29, 0.717) is 5.56 Å². The first kappa shape index (κ1) is 13.9. The van der Waals surface area contributed by atoms with Crippen LogP contribution in [-0.2, 0) is 0 Å². The quantitative estimate of drug-likeness (QED) is 0.747. The molecule has 0 saturated carbocycles. The molecule has 0 heterocycles. The molecule has 2 aromatic rings. The first-order valence-electron chi connectivity index (χ1n) is 5.45. The second-order valence-corrected chi connectivity index (χ2v) is 4.84. The van der Waals surface area contributed by atoms with Crippen molar-refractivity contribution in [1.82, 2.24) is 0 Å². The minimum Gasteiger partial charge on any atom is -0.494 e. The molecular weight excluding hydrogens is 321 g/mol. The fourth-order valence-corrected chi connectivity index (χ4v) is 2.38. The van der Waals surface area contributed by atoms with E-state index in [1.165, 1.54) is 37.4 Å². The summed E-state index contributed by atoms with van der Waals surface area (Å²) in [5, 5.41) is 0. The minimum atomic E-state index is -0.662. The maximum Gasteiger partial charge on any atom is 0.165 e. The van der Waals surface area contributed by atoms with E-state index in [-0.39, 0.29) is 11.3 Å². The number of rotatable bonds is 3. The molecule has 19 heavy (non-hydrogen) atoms. The zero-order valence-electron chi connectivity index (χ0n) is 9.96. The molecule has 0 fully saturated rings. The third kappa shape index (κ3) is 2.92. The molecule has 0 aliphatic carbocycles. The van der Waals surface area contributed by atoms with Crippen LogP contribution in [0.5, 0.6) is 5.75 Å². The van der Waals surface area contributed by atoms with Crippen LogP contribution in [0.2, 0.25) is 0 Å². The van der Waals surface area contributed by atoms with E-state index in [1.807, 2.05) is 0 Å². The van der Waals surface area contributed by atoms with Gasteiger partial charge in [-0.05, 0) is 23.8 Å². The van der Waals surface area contributed by atoms with Crippen molar-refractivity contribution < 1.29 is 17.9 Å². The highest BCUT2D eigenvalue weighted by molar-refractivity contribution is 9.09. The second kappa shape index (κ2) is 5.65. The summed E-state index contributed by atoms with van der Waals surface area (Å²) in [7, 11) is 1.35. The minimum absolute atomic E-state index is 0.0736. The van der Waals surface area contributed by atoms with Gasteiger partial charge in [0.15, 0.2) is 11.6 Å². The highest BCUT2D eigenvalue weighted by atomic mass is 79.9. The fourth-order valence-electron chi connectivity index (χ4n) is 1.72. The van der Waals surface area contributed by atoms with Crippen LogP contribution >= 0.6 is 15.9 Å². The molecule has 0 aliphatic rings. The molecule has 1 nitrogen and oxygen atoms in total. The zero-order valence-corrected chi connectivity index (χ0v) is 11.5. The van der Waals surface area contributed by atoms with E-state index >= 15 is 0 Å². The molecule has 0 radical (unpaired) electrons. The van der Waals surface area contributed by atoms with Crippen LogP contribution in [0.25, 0.3) is 0 Å². The third-order valence-corrected chi connectivity index (χ3v) is 3.73. The molecule has 5 heteroatoms. The Hall–Kier alpha value is -1.49. The van der Waals surface area contributed by atoms with E-state index in [9.17, 15) is 13.2 Å². The number of hydrogen-bond donors (Lipinski definition) is 0. The second-order valence-electron chi connectivity index (χ2n) is 3.92. The van der Waals surface area contributed by atoms with Crippen molar-refractivity contribution in [3.8, 4) is 5.75 Å². The Morgan fingerprint density at radius 3 is 2.37 bits per heavy atom. The molecule has 1 unspecified atom stereocenters. The van der Waals surface area contributed by atoms with Gasteiger partial charge < -0.3 is 4.74 Å². The van der Waals surface area contributed by atoms with Crippen LogP contribution in [0.15, 0.2) is 36.4 Å². The molecular formula is C14H10BrF3O. The van der Waals surface area contributed by atoms with Gasteiger partial charge >= 0.3 is 0 Å². The predicted octanol–water partition coefficient (Wildman–Crippen LogP) is 4.60. The van der Waals surface area contributed by atoms with E-state index in [0.717, 1.165) is 6.07 Å². The Balaban J connectivity index is 2.40. The summed E-state index contributed by atoms with van der Waals surface area (Å²) in [5.74, 6) is -1.72. The van der Waals surface area contributed by atoms with Crippen molar-refractivity contribution in [2.45, 2.75) is 4.83 Å². The molecule has 0 saturated heterocycles. The van der Waals surface area contributed by atoms with Gasteiger partial charge in [-0.2, -0.15) is 0 Å². The lowest BCUT2D eigenvalue weighted by atomic mass is 10.0. The monoisotopic (exact) mass is 330 g/mol. The van der Waals surface area contributed by atoms with Crippen molar-refractivity contribution in [2.24, 2.45) is 0 Å². The van der Waals surface area contributed by atoms with Crippen LogP contribution in [0, 0.1) is 17.5 Å². The van der Waals surface area contributed by atoms with E-state index < -0.39 is 22.3 Å². The normalized spacial score (nSPS) is 12.3. The molecule has 100 valence electrons. The first-order chi connectivity index (χ1) is 9.02. The largest absolute Gasteiger partial charge is 0.494 e. The lowest BCUT2D eigenvalue weighted by Crippen LogP contribution is -1.99. The van der Waals surface area contributed by atoms with Crippen LogP contribution in [0.4, 0.5) is 13.2 Å². The molecule has 2 rings (SSSR count). The summed E-state index contributed by atoms with van der Waals surface area (Å²) in [6, 6.07) is 7.55. The van der Waals surface area contributed by atoms with Crippen LogP contribution in [0.1, 0.15) is 16.0 Å². The van der Waals surface area contributed by atoms with Gasteiger partial charge in [0.1, 0.15) is 11.6 Å². The Morgan fingerprint density at radius 1 is 1.00 bits per heavy atom. The number of halogens is 4. The highest BCUT2D eigenvalue weighted by Crippen LogP contribution is 2.34. The maximum atomic E-state index is 13.7. The van der Waals surface area contributed by atoms with Crippen molar-refractivity contribution >= 4 is 15.9 Å². The van der Waals surface area contributed by atoms with Gasteiger partial charge in [0.05, 0.1) is 11.9 Å². The molecule has 0 aliphatic heterocycles. The van der Waals surface area contributed by atoms with E-state index in [1.54, 1.807) is 0 Å². The summed E-state index contributed by atoms with van der Waals surface area (Å²) in [4.78, 5) is -0.511. The van der Waals surface area contributed by atoms with E-state index in [4.69, 9.17) is 4.74 Å². The van der Waals surface area contributed by atoms with Gasteiger partial charge in [-0.3, -0.25) is 0 Å². The van der Waals surface area contributed by atoms with Gasteiger partial charge in [-0.15, -0.1) is 0 Å². The number of benzene rings is 2. The molecule has 0 spiro atoms. The Labute approximate surface area is 117 Å². The molecule has 2 aromatic carbocycles. The number of ether oxygens (including phenoxy) is 1. The number of hydrogen-bond acceptors (Lipinski definition) is 1. The summed E-state index contributed by atoms with van der Waals surface area (Å²) in [5.41, 5.74) is 0.888. The van der Waals surface area contributed by atoms with Gasteiger partial charge in [-0.1, -0.05) is 28.1 Å². The van der Waals surface area contributed by atoms with Crippen molar-refractivity contribution in [1.29, 1.82) is 0 Å². The zero-order chi connectivity index (χ0) is 14.0. The van der Waals surface area contributed by atoms with Crippen molar-refractivity contribution in [2.75, 3.05) is 7.11 Å². The van der Waals surface area contributed by atoms with Crippen molar-refractivity contribution in [3.63, 3.8) is 0 Å². The van der Waals surface area contributed by atoms with Gasteiger partial charge in [0.25, 0.3) is 0 Å². The fraction of sp³-hybridized carbons (Fsp3) is 0.143. The summed E-state index contributed by atoms with van der Waals surface area (Å²) >= 11 is 3.32. The maximum absolute atomic E-state index is 13.7. The molecule has 1 atom stereocenters. The molecule has 0 amide bonds. The van der Waals surface area contributed by atoms with Gasteiger partial charge in [0, 0.05) is 11.6 Å². The predicted molar refractivity (Wildman–Crippen MR) is 70.1 cm³/mol. The van der Waals surface area contributed by atoms with Crippen LogP contribution in [0.3, 0.4) is 0 Å². The average molecular weight is 331 g/mol. The third-order valence-electron chi connectivity index (χ3n) is 2.70. The molecule has 0 N–H and O–H groups in total.